The molecule has 0 aliphatic carbocycles. The summed E-state index contributed by atoms with van der Waals surface area (Å²) in [6.45, 7) is 0. The first-order valence-electron chi connectivity index (χ1n) is 1.56. The Hall–Kier alpha value is -0.0210. The van der Waals surface area contributed by atoms with Crippen molar-refractivity contribution >= 4 is 40.5 Å². The van der Waals surface area contributed by atoms with Gasteiger partial charge in [-0.2, -0.15) is 0 Å². The molecule has 8 N–H and O–H groups in total. The predicted octanol–water partition coefficient (Wildman–Crippen LogP) is -3.68. The monoisotopic (exact) mass is 248 g/mol. The first-order valence-corrected chi connectivity index (χ1v) is 3.28. The fraction of sp³-hybridized carbons (Fsp3) is 0. The van der Waals surface area contributed by atoms with Crippen LogP contribution in [0.1, 0.15) is 0 Å². The van der Waals surface area contributed by atoms with Crippen molar-refractivity contribution in [3.05, 3.63) is 0 Å². The van der Waals surface area contributed by atoms with Crippen LogP contribution in [0, 0.1) is 0 Å². The van der Waals surface area contributed by atoms with Gasteiger partial charge in [-0.05, 0) is 0 Å². The Morgan fingerprint density at radius 1 is 0.750 bits per heavy atom. The van der Waals surface area contributed by atoms with E-state index in [-0.39, 0.29) is 0 Å². The van der Waals surface area contributed by atoms with Gasteiger partial charge in [0.25, 0.3) is 0 Å². The van der Waals surface area contributed by atoms with E-state index in [1.54, 1.807) is 0 Å². The molecule has 0 spiro atoms. The van der Waals surface area contributed by atoms with Gasteiger partial charge in [-0.3, -0.25) is 0 Å². The zero-order valence-corrected chi connectivity index (χ0v) is 7.55. The molecular formula is C2H8N4Se2. The van der Waals surface area contributed by atoms with Crippen molar-refractivity contribution in [1.29, 1.82) is 0 Å². The van der Waals surface area contributed by atoms with Gasteiger partial charge < -0.3 is 0 Å². The van der Waals surface area contributed by atoms with Crippen LogP contribution >= 0.6 is 0 Å². The molecule has 0 unspecified atom stereocenters. The van der Waals surface area contributed by atoms with E-state index in [9.17, 15) is 0 Å². The molecule has 0 saturated carbocycles. The van der Waals surface area contributed by atoms with Crippen LogP contribution in [0.4, 0.5) is 0 Å². The van der Waals surface area contributed by atoms with E-state index in [1.807, 2.05) is 0 Å². The van der Waals surface area contributed by atoms with E-state index in [0.717, 1.165) is 0 Å². The van der Waals surface area contributed by atoms with E-state index < -0.39 is 0 Å². The molecule has 0 bridgehead atoms. The minimum absolute atomic E-state index is 0.292. The summed E-state index contributed by atoms with van der Waals surface area (Å²) in [5.41, 5.74) is 19.0. The van der Waals surface area contributed by atoms with Gasteiger partial charge >= 0.3 is 63.4 Å². The number of hydrogen-bond donors (Lipinski definition) is 4. The molecule has 0 heterocycles. The van der Waals surface area contributed by atoms with E-state index in [0.29, 0.717) is 9.33 Å². The zero-order valence-electron chi connectivity index (χ0n) is 4.13. The summed E-state index contributed by atoms with van der Waals surface area (Å²) in [5, 5.41) is 0. The van der Waals surface area contributed by atoms with Crippen LogP contribution in [-0.4, -0.2) is 40.5 Å². The standard InChI is InChI=1S/2CH4N2Se/c2*2-1(3)4/h2*(H4,2,3,4). The Bertz CT molecular complexity index is 70.0. The molecule has 0 rings (SSSR count). The molecule has 0 amide bonds. The molecule has 8 heavy (non-hydrogen) atoms. The minimum atomic E-state index is 0.292. The van der Waals surface area contributed by atoms with Crippen molar-refractivity contribution in [3.8, 4) is 0 Å². The van der Waals surface area contributed by atoms with Gasteiger partial charge in [0, 0.05) is 0 Å². The van der Waals surface area contributed by atoms with Crippen LogP contribution in [-0.2, 0) is 0 Å². The fourth-order valence-electron chi connectivity index (χ4n) is 0. The van der Waals surface area contributed by atoms with Crippen molar-refractivity contribution in [3.63, 3.8) is 0 Å². The van der Waals surface area contributed by atoms with Crippen LogP contribution in [0.3, 0.4) is 0 Å². The van der Waals surface area contributed by atoms with Crippen molar-refractivity contribution in [2.75, 3.05) is 0 Å². The number of rotatable bonds is 0. The zero-order chi connectivity index (χ0) is 7.15. The first-order chi connectivity index (χ1) is 3.46. The molecular weight excluding hydrogens is 238 g/mol. The van der Waals surface area contributed by atoms with Gasteiger partial charge in [-0.15, -0.1) is 0 Å². The third-order valence-electron chi connectivity index (χ3n) is 0. The average Bonchev–Trinajstić information content (AvgIpc) is 1.25. The van der Waals surface area contributed by atoms with E-state index >= 15 is 0 Å². The van der Waals surface area contributed by atoms with Gasteiger partial charge in [0.05, 0.1) is 0 Å². The van der Waals surface area contributed by atoms with E-state index in [4.69, 9.17) is 22.9 Å². The molecule has 0 fully saturated rings. The van der Waals surface area contributed by atoms with Crippen LogP contribution in [0.25, 0.3) is 0 Å². The summed E-state index contributed by atoms with van der Waals surface area (Å²) in [6, 6.07) is 0. The van der Waals surface area contributed by atoms with Gasteiger partial charge in [0.15, 0.2) is 0 Å². The molecule has 6 heteroatoms. The molecule has 0 aromatic carbocycles. The SMILES string of the molecule is NC(N)=[Se].NC(N)=[Se]. The van der Waals surface area contributed by atoms with Gasteiger partial charge in [0.2, 0.25) is 0 Å². The summed E-state index contributed by atoms with van der Waals surface area (Å²) in [7, 11) is 0. The second kappa shape index (κ2) is 6.98. The van der Waals surface area contributed by atoms with Crippen LogP contribution in [0.15, 0.2) is 0 Å². The van der Waals surface area contributed by atoms with Crippen LogP contribution in [0.2, 0.25) is 0 Å². The maximum atomic E-state index is 4.75. The summed E-state index contributed by atoms with van der Waals surface area (Å²) < 4.78 is 0.583. The maximum absolute atomic E-state index is 4.75. The van der Waals surface area contributed by atoms with Gasteiger partial charge in [-0.1, -0.05) is 0 Å². The van der Waals surface area contributed by atoms with Crippen molar-refractivity contribution in [1.82, 2.24) is 0 Å². The fourth-order valence-corrected chi connectivity index (χ4v) is 0. The average molecular weight is 246 g/mol. The van der Waals surface area contributed by atoms with Crippen molar-refractivity contribution in [2.45, 2.75) is 0 Å². The second-order valence-electron chi connectivity index (χ2n) is 0.805. The molecule has 4 nitrogen and oxygen atoms in total. The predicted molar refractivity (Wildman–Crippen MR) is 38.3 cm³/mol. The molecule has 0 radical (unpaired) electrons. The van der Waals surface area contributed by atoms with E-state index in [1.165, 1.54) is 0 Å². The number of hydrogen-bond acceptors (Lipinski definition) is 4. The summed E-state index contributed by atoms with van der Waals surface area (Å²) in [6.07, 6.45) is 0. The Morgan fingerprint density at radius 2 is 0.750 bits per heavy atom. The molecule has 0 aromatic heterocycles. The second-order valence-corrected chi connectivity index (χ2v) is 2.78. The van der Waals surface area contributed by atoms with Gasteiger partial charge in [-0.25, -0.2) is 0 Å². The third-order valence-corrected chi connectivity index (χ3v) is 0. The summed E-state index contributed by atoms with van der Waals surface area (Å²) in [4.78, 5) is 0. The van der Waals surface area contributed by atoms with Crippen molar-refractivity contribution < 1.29 is 0 Å². The molecule has 48 valence electrons. The normalized spacial score (nSPS) is 6.00. The Morgan fingerprint density at radius 3 is 0.750 bits per heavy atom. The molecule has 0 atom stereocenters. The number of nitrogens with two attached hydrogens (primary N) is 4. The third kappa shape index (κ3) is 335000. The van der Waals surface area contributed by atoms with Gasteiger partial charge in [0.1, 0.15) is 0 Å². The summed E-state index contributed by atoms with van der Waals surface area (Å²) in [5.74, 6) is 0. The van der Waals surface area contributed by atoms with Crippen LogP contribution in [0.5, 0.6) is 0 Å². The molecule has 0 aliphatic rings. The topological polar surface area (TPSA) is 104 Å². The van der Waals surface area contributed by atoms with E-state index in [2.05, 4.69) is 31.2 Å². The van der Waals surface area contributed by atoms with Crippen LogP contribution < -0.4 is 22.9 Å². The molecule has 0 aromatic rings. The quantitative estimate of drug-likeness (QED) is 0.330. The Labute approximate surface area is 63.7 Å². The molecule has 0 saturated heterocycles. The van der Waals surface area contributed by atoms with Crippen molar-refractivity contribution in [2.24, 2.45) is 22.9 Å². The molecule has 0 aliphatic heterocycles. The first kappa shape index (κ1) is 10.9. The summed E-state index contributed by atoms with van der Waals surface area (Å²) >= 11 is 4.75. The Balaban J connectivity index is 0. The Kier molecular flexibility index (Phi) is 9.48.